The molecule has 0 aromatic heterocycles. The summed E-state index contributed by atoms with van der Waals surface area (Å²) < 4.78 is 0. The fraction of sp³-hybridized carbons (Fsp3) is 0.462. The van der Waals surface area contributed by atoms with Gasteiger partial charge in [-0.15, -0.1) is 0 Å². The molecule has 0 radical (unpaired) electrons. The van der Waals surface area contributed by atoms with Crippen LogP contribution in [0.2, 0.25) is 0 Å². The Kier molecular flexibility index (Phi) is 5.66. The number of aliphatic hydroxyl groups excluding tert-OH is 1. The largest absolute Gasteiger partial charge is 0.396 e. The summed E-state index contributed by atoms with van der Waals surface area (Å²) in [6.07, 6.45) is 2.15. The van der Waals surface area contributed by atoms with Gasteiger partial charge in [0.25, 0.3) is 0 Å². The van der Waals surface area contributed by atoms with Crippen molar-refractivity contribution in [1.82, 2.24) is 0 Å². The minimum absolute atomic E-state index is 0.160. The highest BCUT2D eigenvalue weighted by molar-refractivity contribution is 5.94. The second kappa shape index (κ2) is 7.04. The molecule has 1 atom stereocenters. The Balaban J connectivity index is 2.62. The van der Waals surface area contributed by atoms with Crippen LogP contribution in [0.3, 0.4) is 0 Å². The fourth-order valence-corrected chi connectivity index (χ4v) is 1.51. The Hall–Kier alpha value is -1.39. The molecule has 0 spiro atoms. The van der Waals surface area contributed by atoms with Crippen LogP contribution in [0.25, 0.3) is 0 Å². The van der Waals surface area contributed by atoms with Crippen molar-refractivity contribution in [3.05, 3.63) is 29.8 Å². The Labute approximate surface area is 102 Å². The molecule has 0 aliphatic rings. The topological polar surface area (TPSA) is 75.4 Å². The van der Waals surface area contributed by atoms with Crippen LogP contribution in [0.15, 0.2) is 24.3 Å². The second-order valence-corrected chi connectivity index (χ2v) is 4.03. The van der Waals surface area contributed by atoms with E-state index < -0.39 is 6.04 Å². The van der Waals surface area contributed by atoms with E-state index in [4.69, 9.17) is 10.8 Å². The zero-order valence-corrected chi connectivity index (χ0v) is 10.1. The minimum atomic E-state index is -0.462. The Morgan fingerprint density at radius 2 is 2.29 bits per heavy atom. The van der Waals surface area contributed by atoms with E-state index >= 15 is 0 Å². The van der Waals surface area contributed by atoms with Crippen molar-refractivity contribution in [3.63, 3.8) is 0 Å². The van der Waals surface area contributed by atoms with Crippen LogP contribution < -0.4 is 11.1 Å². The second-order valence-electron chi connectivity index (χ2n) is 4.03. The lowest BCUT2D eigenvalue weighted by Gasteiger charge is -2.11. The van der Waals surface area contributed by atoms with E-state index in [1.54, 1.807) is 0 Å². The minimum Gasteiger partial charge on any atom is -0.396 e. The number of carbonyl (C=O) groups excluding carboxylic acids is 1. The van der Waals surface area contributed by atoms with E-state index in [0.29, 0.717) is 6.42 Å². The lowest BCUT2D eigenvalue weighted by atomic mass is 10.1. The van der Waals surface area contributed by atoms with Crippen molar-refractivity contribution < 1.29 is 9.90 Å². The van der Waals surface area contributed by atoms with Crippen LogP contribution in [0, 0.1) is 0 Å². The van der Waals surface area contributed by atoms with Gasteiger partial charge in [0.15, 0.2) is 0 Å². The summed E-state index contributed by atoms with van der Waals surface area (Å²) in [6, 6.07) is 7.15. The first kappa shape index (κ1) is 13.7. The van der Waals surface area contributed by atoms with E-state index in [9.17, 15) is 4.79 Å². The van der Waals surface area contributed by atoms with E-state index in [0.717, 1.165) is 24.1 Å². The van der Waals surface area contributed by atoms with Gasteiger partial charge in [-0.3, -0.25) is 4.79 Å². The molecule has 0 fully saturated rings. The summed E-state index contributed by atoms with van der Waals surface area (Å²) in [5.41, 5.74) is 7.50. The van der Waals surface area contributed by atoms with Gasteiger partial charge in [-0.2, -0.15) is 0 Å². The highest BCUT2D eigenvalue weighted by Crippen LogP contribution is 2.12. The van der Waals surface area contributed by atoms with Crippen LogP contribution in [0.1, 0.15) is 25.3 Å². The van der Waals surface area contributed by atoms with Crippen molar-refractivity contribution >= 4 is 11.6 Å². The molecule has 0 heterocycles. The quantitative estimate of drug-likeness (QED) is 0.696. The molecule has 1 aromatic carbocycles. The number of anilines is 1. The maximum Gasteiger partial charge on any atom is 0.241 e. The Morgan fingerprint density at radius 3 is 2.94 bits per heavy atom. The van der Waals surface area contributed by atoms with Crippen LogP contribution >= 0.6 is 0 Å². The molecule has 17 heavy (non-hydrogen) atoms. The Morgan fingerprint density at radius 1 is 1.53 bits per heavy atom. The summed E-state index contributed by atoms with van der Waals surface area (Å²) in [6.45, 7) is 2.05. The zero-order valence-electron chi connectivity index (χ0n) is 10.1. The van der Waals surface area contributed by atoms with Gasteiger partial charge >= 0.3 is 0 Å². The fourth-order valence-electron chi connectivity index (χ4n) is 1.51. The number of nitrogens with two attached hydrogens (primary N) is 1. The van der Waals surface area contributed by atoms with E-state index in [1.807, 2.05) is 31.2 Å². The van der Waals surface area contributed by atoms with Crippen LogP contribution in [-0.4, -0.2) is 23.7 Å². The van der Waals surface area contributed by atoms with Gasteiger partial charge in [0.2, 0.25) is 5.91 Å². The molecule has 4 N–H and O–H groups in total. The molecule has 1 unspecified atom stereocenters. The molecular weight excluding hydrogens is 216 g/mol. The van der Waals surface area contributed by atoms with Crippen molar-refractivity contribution in [2.45, 2.75) is 32.2 Å². The predicted octanol–water partition coefficient (Wildman–Crippen LogP) is 1.29. The third-order valence-corrected chi connectivity index (χ3v) is 2.59. The molecule has 4 nitrogen and oxygen atoms in total. The van der Waals surface area contributed by atoms with Gasteiger partial charge in [0.05, 0.1) is 6.04 Å². The van der Waals surface area contributed by atoms with Gasteiger partial charge in [0.1, 0.15) is 0 Å². The maximum absolute atomic E-state index is 11.6. The number of aryl methyl sites for hydroxylation is 1. The van der Waals surface area contributed by atoms with Crippen molar-refractivity contribution in [3.8, 4) is 0 Å². The molecule has 1 amide bonds. The van der Waals surface area contributed by atoms with Crippen molar-refractivity contribution in [2.24, 2.45) is 5.73 Å². The molecule has 0 aliphatic carbocycles. The molecule has 0 bridgehead atoms. The van der Waals surface area contributed by atoms with Gasteiger partial charge in [-0.25, -0.2) is 0 Å². The van der Waals surface area contributed by atoms with Crippen LogP contribution in [0.5, 0.6) is 0 Å². The first-order valence-corrected chi connectivity index (χ1v) is 5.93. The number of nitrogens with one attached hydrogen (secondary N) is 1. The standard InChI is InChI=1S/C13H20N2O2/c1-2-12(14)13(17)15-11-7-3-5-10(9-11)6-4-8-16/h3,5,7,9,12,16H,2,4,6,8,14H2,1H3,(H,15,17). The number of aliphatic hydroxyl groups is 1. The van der Waals surface area contributed by atoms with Gasteiger partial charge in [-0.05, 0) is 37.0 Å². The summed E-state index contributed by atoms with van der Waals surface area (Å²) in [4.78, 5) is 11.6. The normalized spacial score (nSPS) is 12.2. The predicted molar refractivity (Wildman–Crippen MR) is 68.7 cm³/mol. The molecule has 0 saturated carbocycles. The van der Waals surface area contributed by atoms with Gasteiger partial charge < -0.3 is 16.2 Å². The summed E-state index contributed by atoms with van der Waals surface area (Å²) in [7, 11) is 0. The number of carbonyl (C=O) groups is 1. The smallest absolute Gasteiger partial charge is 0.241 e. The third kappa shape index (κ3) is 4.54. The molecule has 1 aromatic rings. The number of benzene rings is 1. The first-order valence-electron chi connectivity index (χ1n) is 5.93. The SMILES string of the molecule is CCC(N)C(=O)Nc1cccc(CCCO)c1. The lowest BCUT2D eigenvalue weighted by Crippen LogP contribution is -2.34. The number of hydrogen-bond acceptors (Lipinski definition) is 3. The monoisotopic (exact) mass is 236 g/mol. The van der Waals surface area contributed by atoms with Crippen LogP contribution in [-0.2, 0) is 11.2 Å². The zero-order chi connectivity index (χ0) is 12.7. The van der Waals surface area contributed by atoms with E-state index in [2.05, 4.69) is 5.32 Å². The number of hydrogen-bond donors (Lipinski definition) is 3. The highest BCUT2D eigenvalue weighted by atomic mass is 16.2. The third-order valence-electron chi connectivity index (χ3n) is 2.59. The molecule has 94 valence electrons. The lowest BCUT2D eigenvalue weighted by molar-refractivity contribution is -0.117. The van der Waals surface area contributed by atoms with Crippen molar-refractivity contribution in [1.29, 1.82) is 0 Å². The van der Waals surface area contributed by atoms with Crippen molar-refractivity contribution in [2.75, 3.05) is 11.9 Å². The summed E-state index contributed by atoms with van der Waals surface area (Å²) in [5, 5.41) is 11.5. The average molecular weight is 236 g/mol. The maximum atomic E-state index is 11.6. The van der Waals surface area contributed by atoms with Crippen LogP contribution in [0.4, 0.5) is 5.69 Å². The molecule has 0 aliphatic heterocycles. The molecule has 0 saturated heterocycles. The molecular formula is C13H20N2O2. The summed E-state index contributed by atoms with van der Waals surface area (Å²) >= 11 is 0. The number of rotatable bonds is 6. The van der Waals surface area contributed by atoms with E-state index in [1.165, 1.54) is 0 Å². The molecule has 1 rings (SSSR count). The first-order chi connectivity index (χ1) is 8.17. The summed E-state index contributed by atoms with van der Waals surface area (Å²) in [5.74, 6) is -0.160. The van der Waals surface area contributed by atoms with Gasteiger partial charge in [0, 0.05) is 12.3 Å². The number of amides is 1. The van der Waals surface area contributed by atoms with E-state index in [-0.39, 0.29) is 12.5 Å². The highest BCUT2D eigenvalue weighted by Gasteiger charge is 2.10. The average Bonchev–Trinajstić information content (AvgIpc) is 2.35. The Bertz CT molecular complexity index is 366. The van der Waals surface area contributed by atoms with Gasteiger partial charge in [-0.1, -0.05) is 19.1 Å². The molecule has 4 heteroatoms.